The molecule has 80 valence electrons. The molecule has 0 radical (unpaired) electrons. The molecule has 1 aliphatic carbocycles. The number of ether oxygens (including phenoxy) is 1. The summed E-state index contributed by atoms with van der Waals surface area (Å²) in [5.74, 6) is -0.374. The van der Waals surface area contributed by atoms with Gasteiger partial charge >= 0.3 is 0 Å². The highest BCUT2D eigenvalue weighted by molar-refractivity contribution is 6.07. The number of epoxide rings is 1. The molecule has 2 saturated heterocycles. The van der Waals surface area contributed by atoms with Gasteiger partial charge in [0.2, 0.25) is 11.8 Å². The van der Waals surface area contributed by atoms with Crippen LogP contribution < -0.4 is 5.32 Å². The Labute approximate surface area is 87.7 Å². The zero-order chi connectivity index (χ0) is 10.5. The van der Waals surface area contributed by atoms with E-state index >= 15 is 0 Å². The van der Waals surface area contributed by atoms with E-state index in [9.17, 15) is 9.59 Å². The molecule has 3 unspecified atom stereocenters. The van der Waals surface area contributed by atoms with E-state index in [1.807, 2.05) is 12.2 Å². The van der Waals surface area contributed by atoms with Crippen molar-refractivity contribution in [2.24, 2.45) is 11.3 Å². The summed E-state index contributed by atoms with van der Waals surface area (Å²) >= 11 is 0. The molecule has 4 nitrogen and oxygen atoms in total. The van der Waals surface area contributed by atoms with Crippen LogP contribution >= 0.6 is 0 Å². The fourth-order valence-electron chi connectivity index (χ4n) is 2.74. The van der Waals surface area contributed by atoms with Crippen molar-refractivity contribution in [2.75, 3.05) is 6.61 Å². The monoisotopic (exact) mass is 207 g/mol. The zero-order valence-corrected chi connectivity index (χ0v) is 8.36. The molecule has 2 aliphatic heterocycles. The topological polar surface area (TPSA) is 58.7 Å². The van der Waals surface area contributed by atoms with Crippen molar-refractivity contribution >= 4 is 11.8 Å². The average Bonchev–Trinajstić information content (AvgIpc) is 2.97. The Hall–Kier alpha value is -1.16. The van der Waals surface area contributed by atoms with Gasteiger partial charge in [-0.05, 0) is 19.3 Å². The van der Waals surface area contributed by atoms with Crippen molar-refractivity contribution in [3.63, 3.8) is 0 Å². The van der Waals surface area contributed by atoms with Crippen molar-refractivity contribution in [3.8, 4) is 0 Å². The second-order valence-electron chi connectivity index (χ2n) is 4.60. The molecule has 0 aromatic rings. The first-order valence-electron chi connectivity index (χ1n) is 5.34. The quantitative estimate of drug-likeness (QED) is 0.404. The Balaban J connectivity index is 1.95. The average molecular weight is 207 g/mol. The van der Waals surface area contributed by atoms with Gasteiger partial charge in [-0.3, -0.25) is 14.9 Å². The van der Waals surface area contributed by atoms with E-state index in [0.29, 0.717) is 19.3 Å². The molecule has 3 aliphatic rings. The Morgan fingerprint density at radius 3 is 3.00 bits per heavy atom. The zero-order valence-electron chi connectivity index (χ0n) is 8.36. The first kappa shape index (κ1) is 9.09. The number of imide groups is 1. The largest absolute Gasteiger partial charge is 0.373 e. The third-order valence-corrected chi connectivity index (χ3v) is 3.69. The number of rotatable bonds is 2. The van der Waals surface area contributed by atoms with Gasteiger partial charge in [-0.25, -0.2) is 0 Å². The van der Waals surface area contributed by atoms with Crippen LogP contribution in [-0.2, 0) is 14.3 Å². The molecule has 15 heavy (non-hydrogen) atoms. The third-order valence-electron chi connectivity index (χ3n) is 3.69. The van der Waals surface area contributed by atoms with Crippen molar-refractivity contribution in [1.29, 1.82) is 0 Å². The Morgan fingerprint density at radius 2 is 2.27 bits per heavy atom. The highest BCUT2D eigenvalue weighted by atomic mass is 16.6. The van der Waals surface area contributed by atoms with E-state index in [0.717, 1.165) is 6.61 Å². The van der Waals surface area contributed by atoms with Crippen molar-refractivity contribution in [1.82, 2.24) is 5.32 Å². The molecular weight excluding hydrogens is 194 g/mol. The lowest BCUT2D eigenvalue weighted by atomic mass is 9.67. The number of hydrogen-bond donors (Lipinski definition) is 1. The van der Waals surface area contributed by atoms with Crippen LogP contribution in [0.5, 0.6) is 0 Å². The van der Waals surface area contributed by atoms with Gasteiger partial charge in [0.15, 0.2) is 0 Å². The normalized spacial score (nSPS) is 42.7. The highest BCUT2D eigenvalue weighted by Crippen LogP contribution is 2.47. The first-order chi connectivity index (χ1) is 7.22. The van der Waals surface area contributed by atoms with Gasteiger partial charge in [0, 0.05) is 0 Å². The minimum absolute atomic E-state index is 0.0997. The van der Waals surface area contributed by atoms with Gasteiger partial charge < -0.3 is 4.74 Å². The molecule has 0 saturated carbocycles. The molecule has 2 amide bonds. The molecule has 0 aromatic carbocycles. The van der Waals surface area contributed by atoms with Crippen LogP contribution in [0.4, 0.5) is 0 Å². The van der Waals surface area contributed by atoms with E-state index < -0.39 is 5.41 Å². The third kappa shape index (κ3) is 1.24. The summed E-state index contributed by atoms with van der Waals surface area (Å²) in [6, 6.07) is 0. The van der Waals surface area contributed by atoms with Gasteiger partial charge in [0.1, 0.15) is 0 Å². The predicted molar refractivity (Wildman–Crippen MR) is 51.8 cm³/mol. The van der Waals surface area contributed by atoms with Gasteiger partial charge in [-0.2, -0.15) is 0 Å². The summed E-state index contributed by atoms with van der Waals surface area (Å²) in [7, 11) is 0. The Morgan fingerprint density at radius 1 is 1.47 bits per heavy atom. The molecule has 2 heterocycles. The minimum atomic E-state index is -0.507. The van der Waals surface area contributed by atoms with Gasteiger partial charge in [0.05, 0.1) is 24.0 Å². The SMILES string of the molecule is O=C1NC(=O)C2(CC3CO3)CC=CCC12. The van der Waals surface area contributed by atoms with Crippen LogP contribution in [0.3, 0.4) is 0 Å². The number of allylic oxidation sites excluding steroid dienone is 2. The maximum atomic E-state index is 11.9. The lowest BCUT2D eigenvalue weighted by Crippen LogP contribution is -2.37. The van der Waals surface area contributed by atoms with Crippen molar-refractivity contribution < 1.29 is 14.3 Å². The summed E-state index contributed by atoms with van der Waals surface area (Å²) in [5.41, 5.74) is -0.507. The van der Waals surface area contributed by atoms with E-state index in [1.54, 1.807) is 0 Å². The fourth-order valence-corrected chi connectivity index (χ4v) is 2.74. The number of carbonyl (C=O) groups excluding carboxylic acids is 2. The smallest absolute Gasteiger partial charge is 0.234 e. The summed E-state index contributed by atoms with van der Waals surface area (Å²) in [4.78, 5) is 23.5. The Kier molecular flexibility index (Phi) is 1.77. The van der Waals surface area contributed by atoms with Gasteiger partial charge in [-0.1, -0.05) is 12.2 Å². The van der Waals surface area contributed by atoms with Crippen LogP contribution in [0, 0.1) is 11.3 Å². The number of hydrogen-bond acceptors (Lipinski definition) is 3. The second kappa shape index (κ2) is 2.92. The molecule has 3 atom stereocenters. The molecule has 3 rings (SSSR count). The first-order valence-corrected chi connectivity index (χ1v) is 5.34. The lowest BCUT2D eigenvalue weighted by molar-refractivity contribution is -0.129. The van der Waals surface area contributed by atoms with E-state index in [-0.39, 0.29) is 23.8 Å². The number of nitrogens with one attached hydrogen (secondary N) is 1. The van der Waals surface area contributed by atoms with Crippen LogP contribution in [-0.4, -0.2) is 24.5 Å². The van der Waals surface area contributed by atoms with Gasteiger partial charge in [0.25, 0.3) is 0 Å². The summed E-state index contributed by atoms with van der Waals surface area (Å²) < 4.78 is 5.18. The van der Waals surface area contributed by atoms with E-state index in [2.05, 4.69) is 5.32 Å². The summed E-state index contributed by atoms with van der Waals surface area (Å²) in [6.45, 7) is 0.736. The van der Waals surface area contributed by atoms with Crippen molar-refractivity contribution in [3.05, 3.63) is 12.2 Å². The highest BCUT2D eigenvalue weighted by Gasteiger charge is 2.56. The van der Waals surface area contributed by atoms with Crippen molar-refractivity contribution in [2.45, 2.75) is 25.4 Å². The lowest BCUT2D eigenvalue weighted by Gasteiger charge is -2.31. The van der Waals surface area contributed by atoms with E-state index in [4.69, 9.17) is 4.74 Å². The fraction of sp³-hybridized carbons (Fsp3) is 0.636. The predicted octanol–water partition coefficient (Wildman–Crippen LogP) is 0.384. The molecule has 0 spiro atoms. The molecule has 1 N–H and O–H groups in total. The number of fused-ring (bicyclic) bond motifs is 1. The standard InChI is InChI=1S/C11H13NO3/c13-9-8-3-1-2-4-11(8,10(14)12-9)5-7-6-15-7/h1-2,7-8H,3-6H2,(H,12,13,14). The number of carbonyl (C=O) groups is 2. The van der Waals surface area contributed by atoms with Crippen LogP contribution in [0.25, 0.3) is 0 Å². The number of amides is 2. The van der Waals surface area contributed by atoms with Crippen LogP contribution in [0.2, 0.25) is 0 Å². The summed E-state index contributed by atoms with van der Waals surface area (Å²) in [5, 5.41) is 2.46. The summed E-state index contributed by atoms with van der Waals surface area (Å²) in [6.07, 6.45) is 6.25. The van der Waals surface area contributed by atoms with Crippen LogP contribution in [0.15, 0.2) is 12.2 Å². The molecule has 0 aromatic heterocycles. The minimum Gasteiger partial charge on any atom is -0.373 e. The van der Waals surface area contributed by atoms with Crippen LogP contribution in [0.1, 0.15) is 19.3 Å². The van der Waals surface area contributed by atoms with Gasteiger partial charge in [-0.15, -0.1) is 0 Å². The molecule has 0 bridgehead atoms. The maximum Gasteiger partial charge on any atom is 0.234 e. The Bertz CT molecular complexity index is 359. The van der Waals surface area contributed by atoms with E-state index in [1.165, 1.54) is 0 Å². The molecular formula is C11H13NO3. The maximum absolute atomic E-state index is 11.9. The molecule has 2 fully saturated rings. The second-order valence-corrected chi connectivity index (χ2v) is 4.60. The molecule has 4 heteroatoms.